The molecule has 4 aliphatic carbocycles. The first kappa shape index (κ1) is 22.3. The van der Waals surface area contributed by atoms with Crippen LogP contribution < -0.4 is 0 Å². The first-order valence-electron chi connectivity index (χ1n) is 13.1. The zero-order chi connectivity index (χ0) is 21.7. The molecule has 4 rings (SSSR count). The lowest BCUT2D eigenvalue weighted by Gasteiger charge is -2.58. The van der Waals surface area contributed by atoms with Gasteiger partial charge in [0.15, 0.2) is 5.78 Å². The van der Waals surface area contributed by atoms with Gasteiger partial charge in [0.25, 0.3) is 0 Å². The molecular formula is C29H46O. The van der Waals surface area contributed by atoms with Gasteiger partial charge in [-0.3, -0.25) is 4.79 Å². The van der Waals surface area contributed by atoms with Crippen LogP contribution in [0.3, 0.4) is 0 Å². The molecule has 0 aromatic rings. The molecule has 0 aromatic heterocycles. The van der Waals surface area contributed by atoms with E-state index in [1.165, 1.54) is 50.5 Å². The van der Waals surface area contributed by atoms with E-state index < -0.39 is 0 Å². The average Bonchev–Trinajstić information content (AvgIpc) is 3.06. The van der Waals surface area contributed by atoms with Crippen molar-refractivity contribution in [3.8, 4) is 0 Å². The molecule has 30 heavy (non-hydrogen) atoms. The summed E-state index contributed by atoms with van der Waals surface area (Å²) in [5, 5.41) is 0. The number of rotatable bonds is 5. The van der Waals surface area contributed by atoms with Crippen LogP contribution in [0.2, 0.25) is 0 Å². The van der Waals surface area contributed by atoms with Crippen LogP contribution in [0.1, 0.15) is 99.3 Å². The SMILES string of the molecule is CCC(C=C[C@@H](C)[C@H]1CC[C@H]2[C@@H]3CCC4=CC(=O)CC[C@]4(C)[C@H]3CC[C@]12C)C(C)C. The lowest BCUT2D eigenvalue weighted by molar-refractivity contribution is -0.117. The summed E-state index contributed by atoms with van der Waals surface area (Å²) in [4.78, 5) is 12.1. The van der Waals surface area contributed by atoms with Crippen LogP contribution in [-0.2, 0) is 4.79 Å². The van der Waals surface area contributed by atoms with E-state index in [0.29, 0.717) is 22.5 Å². The van der Waals surface area contributed by atoms with Gasteiger partial charge in [0.1, 0.15) is 0 Å². The average molecular weight is 411 g/mol. The van der Waals surface area contributed by atoms with Crippen molar-refractivity contribution < 1.29 is 4.79 Å². The second kappa shape index (κ2) is 8.25. The molecule has 8 atom stereocenters. The van der Waals surface area contributed by atoms with Crippen molar-refractivity contribution in [1.29, 1.82) is 0 Å². The second-order valence-corrected chi connectivity index (χ2v) is 12.3. The molecule has 1 unspecified atom stereocenters. The Kier molecular flexibility index (Phi) is 6.15. The first-order valence-corrected chi connectivity index (χ1v) is 13.1. The molecule has 1 nitrogen and oxygen atoms in total. The lowest BCUT2D eigenvalue weighted by Crippen LogP contribution is -2.50. The predicted octanol–water partition coefficient (Wildman–Crippen LogP) is 8.01. The van der Waals surface area contributed by atoms with Crippen molar-refractivity contribution >= 4 is 5.78 Å². The van der Waals surface area contributed by atoms with Crippen LogP contribution in [0.25, 0.3) is 0 Å². The van der Waals surface area contributed by atoms with E-state index in [1.54, 1.807) is 0 Å². The molecule has 168 valence electrons. The van der Waals surface area contributed by atoms with Gasteiger partial charge < -0.3 is 0 Å². The van der Waals surface area contributed by atoms with E-state index in [1.807, 2.05) is 0 Å². The monoisotopic (exact) mass is 410 g/mol. The Balaban J connectivity index is 1.52. The molecule has 0 saturated heterocycles. The quantitative estimate of drug-likeness (QED) is 0.419. The minimum Gasteiger partial charge on any atom is -0.295 e. The number of carbonyl (C=O) groups excluding carboxylic acids is 1. The Labute approximate surface area is 186 Å². The molecule has 3 saturated carbocycles. The van der Waals surface area contributed by atoms with Crippen LogP contribution in [0.15, 0.2) is 23.8 Å². The van der Waals surface area contributed by atoms with Crippen molar-refractivity contribution in [3.63, 3.8) is 0 Å². The molecule has 3 fully saturated rings. The van der Waals surface area contributed by atoms with Gasteiger partial charge in [-0.05, 0) is 110 Å². The third kappa shape index (κ3) is 3.57. The van der Waals surface area contributed by atoms with Gasteiger partial charge in [-0.15, -0.1) is 0 Å². The van der Waals surface area contributed by atoms with Crippen LogP contribution in [0.5, 0.6) is 0 Å². The second-order valence-electron chi connectivity index (χ2n) is 12.3. The largest absolute Gasteiger partial charge is 0.295 e. The van der Waals surface area contributed by atoms with Gasteiger partial charge in [-0.1, -0.05) is 59.3 Å². The van der Waals surface area contributed by atoms with Gasteiger partial charge in [0.05, 0.1) is 0 Å². The van der Waals surface area contributed by atoms with Gasteiger partial charge in [-0.2, -0.15) is 0 Å². The Hall–Kier alpha value is -0.850. The molecule has 4 aliphatic rings. The van der Waals surface area contributed by atoms with Crippen molar-refractivity contribution in [1.82, 2.24) is 0 Å². The highest BCUT2D eigenvalue weighted by atomic mass is 16.1. The lowest BCUT2D eigenvalue weighted by atomic mass is 9.46. The standard InChI is InChI=1S/C29H46O/c1-7-21(19(2)3)9-8-20(4)25-12-13-26-24-11-10-22-18-23(30)14-16-28(22,5)27(24)15-17-29(25,26)6/h8-9,18-21,24-27H,7,10-17H2,1-6H3/t20-,21?,24+,25-,26+,27+,28+,29-/m1/s1. The number of allylic oxidation sites excluding steroid dienone is 3. The maximum Gasteiger partial charge on any atom is 0.155 e. The molecule has 0 N–H and O–H groups in total. The molecule has 0 heterocycles. The van der Waals surface area contributed by atoms with Crippen molar-refractivity contribution in [2.45, 2.75) is 99.3 Å². The molecule has 1 heteroatoms. The summed E-state index contributed by atoms with van der Waals surface area (Å²) in [5.41, 5.74) is 2.34. The summed E-state index contributed by atoms with van der Waals surface area (Å²) in [7, 11) is 0. The number of fused-ring (bicyclic) bond motifs is 5. The minimum atomic E-state index is 0.313. The molecular weight excluding hydrogens is 364 g/mol. The van der Waals surface area contributed by atoms with E-state index in [2.05, 4.69) is 59.8 Å². The van der Waals surface area contributed by atoms with Crippen molar-refractivity contribution in [3.05, 3.63) is 23.8 Å². The van der Waals surface area contributed by atoms with E-state index >= 15 is 0 Å². The number of hydrogen-bond acceptors (Lipinski definition) is 1. The first-order chi connectivity index (χ1) is 14.2. The van der Waals surface area contributed by atoms with Gasteiger partial charge >= 0.3 is 0 Å². The van der Waals surface area contributed by atoms with Gasteiger partial charge in [-0.25, -0.2) is 0 Å². The number of carbonyl (C=O) groups is 1. The number of hydrogen-bond donors (Lipinski definition) is 0. The summed E-state index contributed by atoms with van der Waals surface area (Å²) < 4.78 is 0. The van der Waals surface area contributed by atoms with Crippen molar-refractivity contribution in [2.75, 3.05) is 0 Å². The highest BCUT2D eigenvalue weighted by Gasteiger charge is 2.59. The highest BCUT2D eigenvalue weighted by molar-refractivity contribution is 5.91. The third-order valence-electron chi connectivity index (χ3n) is 10.7. The van der Waals surface area contributed by atoms with E-state index in [-0.39, 0.29) is 0 Å². The fourth-order valence-corrected chi connectivity index (χ4v) is 8.75. The topological polar surface area (TPSA) is 17.1 Å². The maximum absolute atomic E-state index is 12.1. The summed E-state index contributed by atoms with van der Waals surface area (Å²) in [5.74, 6) is 6.01. The molecule has 0 aliphatic heterocycles. The molecule has 0 radical (unpaired) electrons. The Bertz CT molecular complexity index is 714. The zero-order valence-electron chi connectivity index (χ0n) is 20.5. The Morgan fingerprint density at radius 3 is 2.47 bits per heavy atom. The van der Waals surface area contributed by atoms with Crippen LogP contribution in [0.4, 0.5) is 0 Å². The fraction of sp³-hybridized carbons (Fsp3) is 0.828. The Morgan fingerprint density at radius 2 is 1.77 bits per heavy atom. The highest BCUT2D eigenvalue weighted by Crippen LogP contribution is 2.67. The Morgan fingerprint density at radius 1 is 1.00 bits per heavy atom. The van der Waals surface area contributed by atoms with Crippen LogP contribution >= 0.6 is 0 Å². The fourth-order valence-electron chi connectivity index (χ4n) is 8.75. The summed E-state index contributed by atoms with van der Waals surface area (Å²) in [6.07, 6.45) is 18.5. The predicted molar refractivity (Wildman–Crippen MR) is 127 cm³/mol. The molecule has 0 amide bonds. The van der Waals surface area contributed by atoms with Crippen LogP contribution in [0, 0.1) is 52.3 Å². The van der Waals surface area contributed by atoms with Crippen molar-refractivity contribution in [2.24, 2.45) is 52.3 Å². The summed E-state index contributed by atoms with van der Waals surface area (Å²) >= 11 is 0. The summed E-state index contributed by atoms with van der Waals surface area (Å²) in [6.45, 7) is 14.7. The van der Waals surface area contributed by atoms with E-state index in [4.69, 9.17) is 0 Å². The third-order valence-corrected chi connectivity index (χ3v) is 10.7. The normalized spacial score (nSPS) is 43.2. The van der Waals surface area contributed by atoms with Gasteiger partial charge in [0, 0.05) is 6.42 Å². The number of ketones is 1. The molecule has 0 spiro atoms. The minimum absolute atomic E-state index is 0.313. The zero-order valence-corrected chi connectivity index (χ0v) is 20.5. The van der Waals surface area contributed by atoms with Gasteiger partial charge in [0.2, 0.25) is 0 Å². The van der Waals surface area contributed by atoms with E-state index in [0.717, 1.165) is 48.3 Å². The molecule has 0 aromatic carbocycles. The van der Waals surface area contributed by atoms with Crippen LogP contribution in [-0.4, -0.2) is 5.78 Å². The van der Waals surface area contributed by atoms with E-state index in [9.17, 15) is 4.79 Å². The molecule has 0 bridgehead atoms. The summed E-state index contributed by atoms with van der Waals surface area (Å²) in [6, 6.07) is 0. The smallest absolute Gasteiger partial charge is 0.155 e. The maximum atomic E-state index is 12.1.